The third kappa shape index (κ3) is 2.15. The molecule has 1 aliphatic heterocycles. The highest BCUT2D eigenvalue weighted by Gasteiger charge is 2.34. The Bertz CT molecular complexity index is 275. The van der Waals surface area contributed by atoms with Crippen molar-refractivity contribution in [2.75, 3.05) is 6.54 Å². The summed E-state index contributed by atoms with van der Waals surface area (Å²) in [6.07, 6.45) is 3.51. The Morgan fingerprint density at radius 2 is 2.57 bits per heavy atom. The number of hydrogen-bond donors (Lipinski definition) is 1. The summed E-state index contributed by atoms with van der Waals surface area (Å²) >= 11 is 0. The molecule has 1 fully saturated rings. The molecule has 1 aromatic rings. The lowest BCUT2D eigenvalue weighted by Crippen LogP contribution is -2.47. The molecule has 2 atom stereocenters. The Balaban J connectivity index is 1.96. The standard InChI is InChI=1S/C11H16FNO/c1-9-4-5-11(12,8-13-9)7-10-3-2-6-14-10/h2-3,6,9,13H,4-5,7-8H2,1H3. The molecule has 0 amide bonds. The molecule has 2 rings (SSSR count). The molecule has 1 aliphatic rings. The van der Waals surface area contributed by atoms with Crippen LogP contribution in [0.1, 0.15) is 25.5 Å². The van der Waals surface area contributed by atoms with Crippen LogP contribution in [0.15, 0.2) is 22.8 Å². The highest BCUT2D eigenvalue weighted by molar-refractivity contribution is 5.05. The summed E-state index contributed by atoms with van der Waals surface area (Å²) in [4.78, 5) is 0. The van der Waals surface area contributed by atoms with Crippen molar-refractivity contribution < 1.29 is 8.81 Å². The first kappa shape index (κ1) is 9.71. The zero-order valence-corrected chi connectivity index (χ0v) is 8.42. The van der Waals surface area contributed by atoms with E-state index in [1.807, 2.05) is 6.07 Å². The second-order valence-corrected chi connectivity index (χ2v) is 4.23. The third-order valence-corrected chi connectivity index (χ3v) is 2.86. The number of furan rings is 1. The molecule has 3 heteroatoms. The van der Waals surface area contributed by atoms with Crippen molar-refractivity contribution in [1.29, 1.82) is 0 Å². The maximum absolute atomic E-state index is 14.2. The highest BCUT2D eigenvalue weighted by Crippen LogP contribution is 2.27. The molecule has 14 heavy (non-hydrogen) atoms. The largest absolute Gasteiger partial charge is 0.469 e. The molecule has 2 nitrogen and oxygen atoms in total. The van der Waals surface area contributed by atoms with Gasteiger partial charge in [-0.3, -0.25) is 0 Å². The summed E-state index contributed by atoms with van der Waals surface area (Å²) in [6.45, 7) is 2.53. The van der Waals surface area contributed by atoms with Crippen molar-refractivity contribution in [3.8, 4) is 0 Å². The Labute approximate surface area is 83.5 Å². The van der Waals surface area contributed by atoms with E-state index in [1.165, 1.54) is 0 Å². The third-order valence-electron chi connectivity index (χ3n) is 2.86. The molecule has 0 radical (unpaired) electrons. The Kier molecular flexibility index (Phi) is 2.59. The SMILES string of the molecule is CC1CCC(F)(Cc2ccco2)CN1. The zero-order valence-electron chi connectivity index (χ0n) is 8.42. The zero-order chi connectivity index (χ0) is 10.0. The van der Waals surface area contributed by atoms with Crippen LogP contribution in [0.25, 0.3) is 0 Å². The van der Waals surface area contributed by atoms with E-state index in [-0.39, 0.29) is 0 Å². The van der Waals surface area contributed by atoms with Crippen LogP contribution in [0.4, 0.5) is 4.39 Å². The van der Waals surface area contributed by atoms with E-state index in [0.29, 0.717) is 25.4 Å². The van der Waals surface area contributed by atoms with Gasteiger partial charge in [0.1, 0.15) is 11.4 Å². The first-order chi connectivity index (χ1) is 6.68. The van der Waals surface area contributed by atoms with Crippen molar-refractivity contribution in [2.24, 2.45) is 0 Å². The fraction of sp³-hybridized carbons (Fsp3) is 0.636. The van der Waals surface area contributed by atoms with Crippen LogP contribution in [-0.2, 0) is 6.42 Å². The van der Waals surface area contributed by atoms with Gasteiger partial charge in [0.05, 0.1) is 6.26 Å². The Morgan fingerprint density at radius 1 is 1.71 bits per heavy atom. The molecular weight excluding hydrogens is 181 g/mol. The molecule has 0 saturated carbocycles. The number of rotatable bonds is 2. The number of hydrogen-bond acceptors (Lipinski definition) is 2. The highest BCUT2D eigenvalue weighted by atomic mass is 19.1. The summed E-state index contributed by atoms with van der Waals surface area (Å²) in [7, 11) is 0. The minimum atomic E-state index is -1.12. The quantitative estimate of drug-likeness (QED) is 0.787. The van der Waals surface area contributed by atoms with Crippen LogP contribution in [-0.4, -0.2) is 18.3 Å². The molecule has 1 N–H and O–H groups in total. The summed E-state index contributed by atoms with van der Waals surface area (Å²) in [5.74, 6) is 0.740. The van der Waals surface area contributed by atoms with Gasteiger partial charge in [-0.25, -0.2) is 4.39 Å². The molecule has 2 unspecified atom stereocenters. The van der Waals surface area contributed by atoms with Gasteiger partial charge in [-0.1, -0.05) is 0 Å². The average Bonchev–Trinajstić information content (AvgIpc) is 2.63. The summed E-state index contributed by atoms with van der Waals surface area (Å²) in [6, 6.07) is 4.08. The Morgan fingerprint density at radius 3 is 3.14 bits per heavy atom. The normalized spacial score (nSPS) is 33.1. The van der Waals surface area contributed by atoms with Gasteiger partial charge in [0.2, 0.25) is 0 Å². The van der Waals surface area contributed by atoms with Crippen LogP contribution < -0.4 is 5.32 Å². The van der Waals surface area contributed by atoms with E-state index in [1.54, 1.807) is 12.3 Å². The van der Waals surface area contributed by atoms with Crippen molar-refractivity contribution in [2.45, 2.75) is 37.9 Å². The van der Waals surface area contributed by atoms with Crippen LogP contribution >= 0.6 is 0 Å². The lowest BCUT2D eigenvalue weighted by molar-refractivity contribution is 0.101. The monoisotopic (exact) mass is 197 g/mol. The average molecular weight is 197 g/mol. The van der Waals surface area contributed by atoms with Gasteiger partial charge in [-0.05, 0) is 31.9 Å². The fourth-order valence-corrected chi connectivity index (χ4v) is 1.90. The van der Waals surface area contributed by atoms with Gasteiger partial charge in [-0.2, -0.15) is 0 Å². The van der Waals surface area contributed by atoms with E-state index in [9.17, 15) is 4.39 Å². The van der Waals surface area contributed by atoms with Crippen LogP contribution in [0.5, 0.6) is 0 Å². The van der Waals surface area contributed by atoms with Gasteiger partial charge in [-0.15, -0.1) is 0 Å². The first-order valence-corrected chi connectivity index (χ1v) is 5.13. The van der Waals surface area contributed by atoms with E-state index in [0.717, 1.165) is 12.2 Å². The van der Waals surface area contributed by atoms with E-state index >= 15 is 0 Å². The maximum Gasteiger partial charge on any atom is 0.130 e. The number of piperidine rings is 1. The molecule has 0 bridgehead atoms. The minimum absolute atomic E-state index is 0.389. The summed E-state index contributed by atoms with van der Waals surface area (Å²) in [5.41, 5.74) is -1.12. The van der Waals surface area contributed by atoms with Gasteiger partial charge < -0.3 is 9.73 Å². The maximum atomic E-state index is 14.2. The van der Waals surface area contributed by atoms with Gasteiger partial charge >= 0.3 is 0 Å². The van der Waals surface area contributed by atoms with Crippen molar-refractivity contribution in [3.63, 3.8) is 0 Å². The summed E-state index contributed by atoms with van der Waals surface area (Å²) in [5, 5.41) is 3.17. The first-order valence-electron chi connectivity index (χ1n) is 5.13. The minimum Gasteiger partial charge on any atom is -0.469 e. The van der Waals surface area contributed by atoms with E-state index < -0.39 is 5.67 Å². The molecule has 78 valence electrons. The molecule has 1 aromatic heterocycles. The van der Waals surface area contributed by atoms with Crippen molar-refractivity contribution in [3.05, 3.63) is 24.2 Å². The topological polar surface area (TPSA) is 25.2 Å². The Hall–Kier alpha value is -0.830. The van der Waals surface area contributed by atoms with Crippen LogP contribution in [0.2, 0.25) is 0 Å². The predicted octanol–water partition coefficient (Wildman–Crippen LogP) is 2.30. The predicted molar refractivity (Wildman–Crippen MR) is 52.9 cm³/mol. The van der Waals surface area contributed by atoms with Crippen molar-refractivity contribution in [1.82, 2.24) is 5.32 Å². The van der Waals surface area contributed by atoms with E-state index in [4.69, 9.17) is 4.42 Å². The molecule has 0 spiro atoms. The fourth-order valence-electron chi connectivity index (χ4n) is 1.90. The number of nitrogens with one attached hydrogen (secondary N) is 1. The van der Waals surface area contributed by atoms with Crippen LogP contribution in [0, 0.1) is 0 Å². The second-order valence-electron chi connectivity index (χ2n) is 4.23. The summed E-state index contributed by atoms with van der Waals surface area (Å²) < 4.78 is 19.3. The number of halogens is 1. The van der Waals surface area contributed by atoms with Crippen molar-refractivity contribution >= 4 is 0 Å². The lowest BCUT2D eigenvalue weighted by atomic mass is 9.89. The van der Waals surface area contributed by atoms with Crippen LogP contribution in [0.3, 0.4) is 0 Å². The molecule has 1 saturated heterocycles. The molecule has 2 heterocycles. The number of alkyl halides is 1. The molecule has 0 aromatic carbocycles. The van der Waals surface area contributed by atoms with Gasteiger partial charge in [0, 0.05) is 19.0 Å². The van der Waals surface area contributed by atoms with Gasteiger partial charge in [0.15, 0.2) is 0 Å². The lowest BCUT2D eigenvalue weighted by Gasteiger charge is -2.32. The molecule has 0 aliphatic carbocycles. The smallest absolute Gasteiger partial charge is 0.130 e. The second kappa shape index (κ2) is 3.73. The van der Waals surface area contributed by atoms with E-state index in [2.05, 4.69) is 12.2 Å². The molecular formula is C11H16FNO. The van der Waals surface area contributed by atoms with Gasteiger partial charge in [0.25, 0.3) is 0 Å².